The zero-order valence-electron chi connectivity index (χ0n) is 11.7. The third-order valence-corrected chi connectivity index (χ3v) is 3.10. The van der Waals surface area contributed by atoms with E-state index < -0.39 is 0 Å². The number of benzene rings is 1. The first-order valence-corrected chi connectivity index (χ1v) is 6.88. The van der Waals surface area contributed by atoms with Crippen LogP contribution in [0.4, 0.5) is 0 Å². The number of hydrogen-bond acceptors (Lipinski definition) is 1. The van der Waals surface area contributed by atoms with Gasteiger partial charge in [0.1, 0.15) is 0 Å². The molecule has 0 fully saturated rings. The normalized spacial score (nSPS) is 14.9. The Kier molecular flexibility index (Phi) is 6.28. The third kappa shape index (κ3) is 6.48. The Bertz CT molecular complexity index is 292. The number of rotatable bonds is 7. The van der Waals surface area contributed by atoms with Gasteiger partial charge in [0.25, 0.3) is 0 Å². The fourth-order valence-corrected chi connectivity index (χ4v) is 2.37. The lowest BCUT2D eigenvalue weighted by Gasteiger charge is -2.21. The molecule has 1 N–H and O–H groups in total. The Morgan fingerprint density at radius 1 is 0.941 bits per heavy atom. The van der Waals surface area contributed by atoms with Gasteiger partial charge in [-0.2, -0.15) is 0 Å². The molecule has 1 nitrogen and oxygen atoms in total. The molecule has 96 valence electrons. The molecule has 0 aliphatic carbocycles. The van der Waals surface area contributed by atoms with E-state index >= 15 is 0 Å². The zero-order valence-corrected chi connectivity index (χ0v) is 11.7. The van der Waals surface area contributed by atoms with Gasteiger partial charge in [-0.3, -0.25) is 0 Å². The molecule has 1 aromatic rings. The maximum atomic E-state index is 3.68. The minimum absolute atomic E-state index is 0.601. The molecule has 0 spiro atoms. The molecule has 1 aromatic carbocycles. The summed E-state index contributed by atoms with van der Waals surface area (Å²) in [5.74, 6) is 0.777. The molecule has 0 bridgehead atoms. The van der Waals surface area contributed by atoms with Crippen LogP contribution in [0, 0.1) is 5.92 Å². The van der Waals surface area contributed by atoms with Crippen LogP contribution >= 0.6 is 0 Å². The lowest BCUT2D eigenvalue weighted by atomic mass is 10.0. The second kappa shape index (κ2) is 7.50. The summed E-state index contributed by atoms with van der Waals surface area (Å²) >= 11 is 0. The van der Waals surface area contributed by atoms with Gasteiger partial charge < -0.3 is 5.32 Å². The van der Waals surface area contributed by atoms with Crippen molar-refractivity contribution >= 4 is 0 Å². The van der Waals surface area contributed by atoms with E-state index in [0.717, 1.165) is 5.92 Å². The topological polar surface area (TPSA) is 12.0 Å². The summed E-state index contributed by atoms with van der Waals surface area (Å²) in [5, 5.41) is 3.68. The summed E-state index contributed by atoms with van der Waals surface area (Å²) in [5.41, 5.74) is 1.44. The number of hydrogen-bond donors (Lipinski definition) is 1. The molecule has 0 radical (unpaired) electrons. The summed E-state index contributed by atoms with van der Waals surface area (Å²) in [7, 11) is 0. The molecule has 0 aliphatic heterocycles. The zero-order chi connectivity index (χ0) is 12.7. The highest BCUT2D eigenvalue weighted by molar-refractivity contribution is 5.14. The molecular weight excluding hydrogens is 206 g/mol. The second-order valence-electron chi connectivity index (χ2n) is 5.62. The maximum absolute atomic E-state index is 3.68. The Balaban J connectivity index is 2.23. The Labute approximate surface area is 107 Å². The van der Waals surface area contributed by atoms with E-state index in [0.29, 0.717) is 12.1 Å². The molecule has 0 saturated heterocycles. The van der Waals surface area contributed by atoms with E-state index in [4.69, 9.17) is 0 Å². The number of aryl methyl sites for hydroxylation is 1. The van der Waals surface area contributed by atoms with Crippen LogP contribution < -0.4 is 5.32 Å². The van der Waals surface area contributed by atoms with Crippen molar-refractivity contribution in [2.75, 3.05) is 0 Å². The fraction of sp³-hybridized carbons (Fsp3) is 0.625. The van der Waals surface area contributed by atoms with Crippen molar-refractivity contribution in [2.24, 2.45) is 5.92 Å². The van der Waals surface area contributed by atoms with E-state index in [1.165, 1.54) is 24.8 Å². The van der Waals surface area contributed by atoms with Crippen molar-refractivity contribution in [3.63, 3.8) is 0 Å². The Hall–Kier alpha value is -0.820. The van der Waals surface area contributed by atoms with E-state index in [2.05, 4.69) is 63.3 Å². The maximum Gasteiger partial charge on any atom is 0.00443 e. The van der Waals surface area contributed by atoms with Crippen molar-refractivity contribution in [1.82, 2.24) is 5.32 Å². The molecule has 1 rings (SSSR count). The lowest BCUT2D eigenvalue weighted by Crippen LogP contribution is -2.35. The van der Waals surface area contributed by atoms with Crippen LogP contribution in [-0.4, -0.2) is 12.1 Å². The standard InChI is InChI=1S/C16H27N/c1-13(2)12-15(4)17-14(3)10-11-16-8-6-5-7-9-16/h5-9,13-15,17H,10-12H2,1-4H3. The third-order valence-electron chi connectivity index (χ3n) is 3.10. The summed E-state index contributed by atoms with van der Waals surface area (Å²) in [6.07, 6.45) is 3.64. The van der Waals surface area contributed by atoms with Gasteiger partial charge in [-0.05, 0) is 44.6 Å². The molecule has 2 unspecified atom stereocenters. The van der Waals surface area contributed by atoms with Gasteiger partial charge in [-0.25, -0.2) is 0 Å². The smallest absolute Gasteiger partial charge is 0.00443 e. The van der Waals surface area contributed by atoms with Crippen LogP contribution in [0.2, 0.25) is 0 Å². The van der Waals surface area contributed by atoms with E-state index in [1.54, 1.807) is 0 Å². The van der Waals surface area contributed by atoms with Gasteiger partial charge in [-0.1, -0.05) is 44.2 Å². The van der Waals surface area contributed by atoms with Crippen molar-refractivity contribution in [2.45, 2.75) is 59.0 Å². The highest BCUT2D eigenvalue weighted by Crippen LogP contribution is 2.08. The summed E-state index contributed by atoms with van der Waals surface area (Å²) in [6.45, 7) is 9.15. The molecular formula is C16H27N. The molecule has 0 aliphatic rings. The predicted molar refractivity (Wildman–Crippen MR) is 76.3 cm³/mol. The fourth-order valence-electron chi connectivity index (χ4n) is 2.37. The van der Waals surface area contributed by atoms with Crippen LogP contribution in [0.3, 0.4) is 0 Å². The van der Waals surface area contributed by atoms with Crippen molar-refractivity contribution < 1.29 is 0 Å². The average molecular weight is 233 g/mol. The van der Waals surface area contributed by atoms with Crippen molar-refractivity contribution in [3.05, 3.63) is 35.9 Å². The van der Waals surface area contributed by atoms with E-state index in [-0.39, 0.29) is 0 Å². The van der Waals surface area contributed by atoms with Gasteiger partial charge in [0.15, 0.2) is 0 Å². The van der Waals surface area contributed by atoms with Crippen LogP contribution in [0.25, 0.3) is 0 Å². The van der Waals surface area contributed by atoms with Crippen LogP contribution in [0.1, 0.15) is 46.1 Å². The molecule has 0 aromatic heterocycles. The molecule has 0 amide bonds. The van der Waals surface area contributed by atoms with Crippen molar-refractivity contribution in [3.8, 4) is 0 Å². The van der Waals surface area contributed by atoms with Gasteiger partial charge in [0.2, 0.25) is 0 Å². The van der Waals surface area contributed by atoms with E-state index in [9.17, 15) is 0 Å². The minimum atomic E-state index is 0.601. The highest BCUT2D eigenvalue weighted by Gasteiger charge is 2.08. The van der Waals surface area contributed by atoms with Gasteiger partial charge >= 0.3 is 0 Å². The molecule has 0 heterocycles. The minimum Gasteiger partial charge on any atom is -0.312 e. The SMILES string of the molecule is CC(C)CC(C)NC(C)CCc1ccccc1. The summed E-state index contributed by atoms with van der Waals surface area (Å²) < 4.78 is 0. The first kappa shape index (κ1) is 14.2. The van der Waals surface area contributed by atoms with Gasteiger partial charge in [0, 0.05) is 12.1 Å². The summed E-state index contributed by atoms with van der Waals surface area (Å²) in [4.78, 5) is 0. The van der Waals surface area contributed by atoms with Crippen molar-refractivity contribution in [1.29, 1.82) is 0 Å². The average Bonchev–Trinajstić information content (AvgIpc) is 2.26. The molecule has 0 saturated carbocycles. The first-order chi connectivity index (χ1) is 8.08. The van der Waals surface area contributed by atoms with Gasteiger partial charge in [-0.15, -0.1) is 0 Å². The molecule has 2 atom stereocenters. The van der Waals surface area contributed by atoms with Gasteiger partial charge in [0.05, 0.1) is 0 Å². The lowest BCUT2D eigenvalue weighted by molar-refractivity contribution is 0.390. The van der Waals surface area contributed by atoms with Crippen LogP contribution in [0.5, 0.6) is 0 Å². The molecule has 17 heavy (non-hydrogen) atoms. The first-order valence-electron chi connectivity index (χ1n) is 6.88. The Morgan fingerprint density at radius 3 is 2.18 bits per heavy atom. The Morgan fingerprint density at radius 2 is 1.59 bits per heavy atom. The quantitative estimate of drug-likeness (QED) is 0.749. The predicted octanol–water partition coefficient (Wildman–Crippen LogP) is 4.03. The second-order valence-corrected chi connectivity index (χ2v) is 5.62. The highest BCUT2D eigenvalue weighted by atomic mass is 14.9. The summed E-state index contributed by atoms with van der Waals surface area (Å²) in [6, 6.07) is 12.0. The van der Waals surface area contributed by atoms with Crippen LogP contribution in [0.15, 0.2) is 30.3 Å². The monoisotopic (exact) mass is 233 g/mol. The van der Waals surface area contributed by atoms with Crippen LogP contribution in [-0.2, 0) is 6.42 Å². The molecule has 1 heteroatoms. The largest absolute Gasteiger partial charge is 0.312 e. The van der Waals surface area contributed by atoms with E-state index in [1.807, 2.05) is 0 Å². The number of nitrogens with one attached hydrogen (secondary N) is 1.